The summed E-state index contributed by atoms with van der Waals surface area (Å²) in [5.41, 5.74) is 1.03. The molecule has 0 amide bonds. The molecule has 0 aliphatic rings. The minimum absolute atomic E-state index is 0.0239. The number of hydrogen-bond donors (Lipinski definition) is 1. The first-order valence-electron chi connectivity index (χ1n) is 3.70. The molecule has 0 saturated heterocycles. The second-order valence-electron chi connectivity index (χ2n) is 2.67. The van der Waals surface area contributed by atoms with Gasteiger partial charge in [-0.1, -0.05) is 23.9 Å². The second kappa shape index (κ2) is 4.18. The van der Waals surface area contributed by atoms with Crippen molar-refractivity contribution in [1.82, 2.24) is 0 Å². The molecule has 1 aromatic heterocycles. The normalized spacial score (nSPS) is 9.92. The van der Waals surface area contributed by atoms with Crippen LogP contribution in [0.4, 0.5) is 0 Å². The first-order chi connectivity index (χ1) is 6.09. The molecule has 0 aromatic carbocycles. The van der Waals surface area contributed by atoms with E-state index in [-0.39, 0.29) is 5.76 Å². The van der Waals surface area contributed by atoms with E-state index >= 15 is 0 Å². The van der Waals surface area contributed by atoms with Crippen molar-refractivity contribution in [2.75, 3.05) is 5.75 Å². The van der Waals surface area contributed by atoms with Crippen LogP contribution in [0.5, 0.6) is 0 Å². The van der Waals surface area contributed by atoms with Gasteiger partial charge in [0.2, 0.25) is 5.76 Å². The third kappa shape index (κ3) is 2.99. The summed E-state index contributed by atoms with van der Waals surface area (Å²) < 4.78 is 5.02. The maximum atomic E-state index is 10.4. The number of carboxylic acids is 1. The fraction of sp³-hybridized carbons (Fsp3) is 0.222. The number of thioether (sulfide) groups is 1. The van der Waals surface area contributed by atoms with Crippen LogP contribution in [-0.2, 0) is 0 Å². The largest absolute Gasteiger partial charge is 0.475 e. The van der Waals surface area contributed by atoms with E-state index < -0.39 is 5.97 Å². The van der Waals surface area contributed by atoms with Gasteiger partial charge in [0.1, 0.15) is 0 Å². The lowest BCUT2D eigenvalue weighted by Crippen LogP contribution is -1.91. The fourth-order valence-electron chi connectivity index (χ4n) is 0.707. The summed E-state index contributed by atoms with van der Waals surface area (Å²) in [4.78, 5) is 10.4. The number of rotatable bonds is 4. The van der Waals surface area contributed by atoms with Crippen LogP contribution in [0, 0.1) is 0 Å². The predicted molar refractivity (Wildman–Crippen MR) is 51.2 cm³/mol. The summed E-state index contributed by atoms with van der Waals surface area (Å²) in [6.07, 6.45) is 0. The molecule has 0 spiro atoms. The van der Waals surface area contributed by atoms with Gasteiger partial charge in [0.15, 0.2) is 5.09 Å². The summed E-state index contributed by atoms with van der Waals surface area (Å²) in [6, 6.07) is 3.10. The van der Waals surface area contributed by atoms with Crippen molar-refractivity contribution in [3.05, 3.63) is 30.0 Å². The molecule has 4 heteroatoms. The molecule has 1 rings (SSSR count). The van der Waals surface area contributed by atoms with Gasteiger partial charge in [-0.25, -0.2) is 4.79 Å². The van der Waals surface area contributed by atoms with Gasteiger partial charge in [-0.3, -0.25) is 0 Å². The maximum absolute atomic E-state index is 10.4. The molecule has 0 saturated carbocycles. The Balaban J connectivity index is 2.59. The smallest absolute Gasteiger partial charge is 0.371 e. The van der Waals surface area contributed by atoms with E-state index in [1.807, 2.05) is 6.92 Å². The van der Waals surface area contributed by atoms with Gasteiger partial charge >= 0.3 is 5.97 Å². The van der Waals surface area contributed by atoms with E-state index in [9.17, 15) is 4.79 Å². The van der Waals surface area contributed by atoms with Gasteiger partial charge in [0.25, 0.3) is 0 Å². The number of furan rings is 1. The lowest BCUT2D eigenvalue weighted by molar-refractivity contribution is 0.0656. The van der Waals surface area contributed by atoms with Crippen molar-refractivity contribution in [3.8, 4) is 0 Å². The highest BCUT2D eigenvalue weighted by atomic mass is 32.2. The zero-order valence-corrected chi connectivity index (χ0v) is 8.06. The van der Waals surface area contributed by atoms with Gasteiger partial charge in [0, 0.05) is 5.75 Å². The molecule has 1 N–H and O–H groups in total. The van der Waals surface area contributed by atoms with Crippen LogP contribution in [0.1, 0.15) is 17.5 Å². The Morgan fingerprint density at radius 3 is 2.85 bits per heavy atom. The van der Waals surface area contributed by atoms with Crippen LogP contribution in [0.25, 0.3) is 0 Å². The summed E-state index contributed by atoms with van der Waals surface area (Å²) in [5.74, 6) is -0.321. The molecule has 0 fully saturated rings. The summed E-state index contributed by atoms with van der Waals surface area (Å²) >= 11 is 1.44. The van der Waals surface area contributed by atoms with Gasteiger partial charge in [-0.2, -0.15) is 0 Å². The van der Waals surface area contributed by atoms with E-state index in [4.69, 9.17) is 9.52 Å². The Kier molecular flexibility index (Phi) is 3.19. The standard InChI is InChI=1S/C9H10O3S/c1-6(2)5-13-8-4-3-7(12-8)9(10)11/h3-4H,1,5H2,2H3,(H,10,11). The van der Waals surface area contributed by atoms with Crippen molar-refractivity contribution < 1.29 is 14.3 Å². The molecule has 0 atom stereocenters. The van der Waals surface area contributed by atoms with Crippen LogP contribution >= 0.6 is 11.8 Å². The van der Waals surface area contributed by atoms with Gasteiger partial charge in [0.05, 0.1) is 0 Å². The van der Waals surface area contributed by atoms with E-state index in [0.717, 1.165) is 11.3 Å². The third-order valence-corrected chi connectivity index (χ3v) is 2.39. The molecule has 0 aliphatic heterocycles. The SMILES string of the molecule is C=C(C)CSc1ccc(C(=O)O)o1. The molecule has 0 bridgehead atoms. The van der Waals surface area contributed by atoms with Crippen LogP contribution in [0.3, 0.4) is 0 Å². The highest BCUT2D eigenvalue weighted by Gasteiger charge is 2.08. The lowest BCUT2D eigenvalue weighted by atomic mass is 10.4. The first kappa shape index (κ1) is 9.92. The maximum Gasteiger partial charge on any atom is 0.371 e. The van der Waals surface area contributed by atoms with Crippen molar-refractivity contribution in [3.63, 3.8) is 0 Å². The molecule has 0 radical (unpaired) electrons. The van der Waals surface area contributed by atoms with Crippen LogP contribution in [0.2, 0.25) is 0 Å². The van der Waals surface area contributed by atoms with Gasteiger partial charge in [-0.15, -0.1) is 0 Å². The first-order valence-corrected chi connectivity index (χ1v) is 4.68. The van der Waals surface area contributed by atoms with Crippen molar-refractivity contribution in [1.29, 1.82) is 0 Å². The van der Waals surface area contributed by atoms with Crippen LogP contribution < -0.4 is 0 Å². The van der Waals surface area contributed by atoms with E-state index in [2.05, 4.69) is 6.58 Å². The minimum Gasteiger partial charge on any atom is -0.475 e. The van der Waals surface area contributed by atoms with E-state index in [0.29, 0.717) is 5.09 Å². The fourth-order valence-corrected chi connectivity index (χ4v) is 1.41. The lowest BCUT2D eigenvalue weighted by Gasteiger charge is -1.94. The average Bonchev–Trinajstić information content (AvgIpc) is 2.48. The van der Waals surface area contributed by atoms with Crippen LogP contribution in [-0.4, -0.2) is 16.8 Å². The molecule has 0 aliphatic carbocycles. The monoisotopic (exact) mass is 198 g/mol. The molecule has 1 heterocycles. The molecular formula is C9H10O3S. The second-order valence-corrected chi connectivity index (χ2v) is 3.65. The Morgan fingerprint density at radius 2 is 2.38 bits per heavy atom. The van der Waals surface area contributed by atoms with Crippen LogP contribution in [0.15, 0.2) is 33.8 Å². The topological polar surface area (TPSA) is 50.4 Å². The zero-order valence-electron chi connectivity index (χ0n) is 7.24. The Labute approximate surface area is 80.4 Å². The zero-order chi connectivity index (χ0) is 9.84. The molecule has 0 unspecified atom stereocenters. The molecule has 3 nitrogen and oxygen atoms in total. The summed E-state index contributed by atoms with van der Waals surface area (Å²) in [7, 11) is 0. The predicted octanol–water partition coefficient (Wildman–Crippen LogP) is 2.65. The van der Waals surface area contributed by atoms with Crippen molar-refractivity contribution >= 4 is 17.7 Å². The van der Waals surface area contributed by atoms with Gasteiger partial charge < -0.3 is 9.52 Å². The molecule has 13 heavy (non-hydrogen) atoms. The van der Waals surface area contributed by atoms with E-state index in [1.54, 1.807) is 6.07 Å². The summed E-state index contributed by atoms with van der Waals surface area (Å²) in [5, 5.41) is 9.17. The molecular weight excluding hydrogens is 188 g/mol. The summed E-state index contributed by atoms with van der Waals surface area (Å²) in [6.45, 7) is 5.64. The quantitative estimate of drug-likeness (QED) is 0.597. The third-order valence-electron chi connectivity index (χ3n) is 1.25. The average molecular weight is 198 g/mol. The molecule has 70 valence electrons. The Hall–Kier alpha value is -1.16. The van der Waals surface area contributed by atoms with E-state index in [1.165, 1.54) is 17.8 Å². The minimum atomic E-state index is -1.04. The number of hydrogen-bond acceptors (Lipinski definition) is 3. The highest BCUT2D eigenvalue weighted by Crippen LogP contribution is 2.22. The molecule has 1 aromatic rings. The van der Waals surface area contributed by atoms with Crippen molar-refractivity contribution in [2.24, 2.45) is 0 Å². The Bertz CT molecular complexity index is 327. The highest BCUT2D eigenvalue weighted by molar-refractivity contribution is 7.99. The number of carbonyl (C=O) groups is 1. The van der Waals surface area contributed by atoms with Crippen molar-refractivity contribution in [2.45, 2.75) is 12.0 Å². The number of aromatic carboxylic acids is 1. The Morgan fingerprint density at radius 1 is 1.69 bits per heavy atom. The van der Waals surface area contributed by atoms with Gasteiger partial charge in [-0.05, 0) is 19.1 Å². The number of carboxylic acid groups (broad SMARTS) is 1.